The van der Waals surface area contributed by atoms with E-state index >= 15 is 0 Å². The Hall–Kier alpha value is -1.72. The average molecular weight is 271 g/mol. The van der Waals surface area contributed by atoms with Gasteiger partial charge in [0, 0.05) is 6.54 Å². The van der Waals surface area contributed by atoms with Gasteiger partial charge in [-0.1, -0.05) is 23.8 Å². The summed E-state index contributed by atoms with van der Waals surface area (Å²) in [5.74, 6) is 0.142. The number of primary amides is 1. The summed E-state index contributed by atoms with van der Waals surface area (Å²) in [6.45, 7) is 0.175. The van der Waals surface area contributed by atoms with E-state index < -0.39 is 5.91 Å². The molecule has 0 atom stereocenters. The molecule has 6 heteroatoms. The number of hydrogen-bond donors (Lipinski definition) is 2. The van der Waals surface area contributed by atoms with Crippen LogP contribution in [0, 0.1) is 0 Å². The second-order valence-electron chi connectivity index (χ2n) is 3.43. The lowest BCUT2D eigenvalue weighted by Crippen LogP contribution is -2.20. The van der Waals surface area contributed by atoms with Crippen LogP contribution in [-0.2, 0) is 4.79 Å². The van der Waals surface area contributed by atoms with Crippen LogP contribution >= 0.6 is 11.6 Å². The largest absolute Gasteiger partial charge is 0.493 e. The summed E-state index contributed by atoms with van der Waals surface area (Å²) in [6.07, 6.45) is 3.60. The van der Waals surface area contributed by atoms with Crippen molar-refractivity contribution in [2.45, 2.75) is 0 Å². The third-order valence-electron chi connectivity index (χ3n) is 2.06. The highest BCUT2D eigenvalue weighted by Gasteiger charge is 2.12. The Morgan fingerprint density at radius 2 is 2.22 bits per heavy atom. The number of nitrogens with two attached hydrogens (primary N) is 2. The normalized spacial score (nSPS) is 10.6. The van der Waals surface area contributed by atoms with Crippen LogP contribution in [0.2, 0.25) is 5.02 Å². The van der Waals surface area contributed by atoms with Crippen LogP contribution in [0.4, 0.5) is 0 Å². The van der Waals surface area contributed by atoms with Gasteiger partial charge in [-0.15, -0.1) is 0 Å². The van der Waals surface area contributed by atoms with E-state index in [1.165, 1.54) is 7.11 Å². The molecule has 5 nitrogen and oxygen atoms in total. The lowest BCUT2D eigenvalue weighted by atomic mass is 10.2. The predicted octanol–water partition coefficient (Wildman–Crippen LogP) is 1.18. The summed E-state index contributed by atoms with van der Waals surface area (Å²) in [5, 5.41) is 0.340. The minimum Gasteiger partial charge on any atom is -0.493 e. The fraction of sp³-hybridized carbons (Fsp3) is 0.250. The lowest BCUT2D eigenvalue weighted by Gasteiger charge is -2.12. The molecule has 0 fully saturated rings. The highest BCUT2D eigenvalue weighted by molar-refractivity contribution is 6.32. The number of benzene rings is 1. The van der Waals surface area contributed by atoms with Crippen molar-refractivity contribution in [1.29, 1.82) is 0 Å². The first kappa shape index (κ1) is 14.3. The summed E-state index contributed by atoms with van der Waals surface area (Å²) < 4.78 is 10.4. The van der Waals surface area contributed by atoms with Crippen molar-refractivity contribution in [3.63, 3.8) is 0 Å². The zero-order valence-corrected chi connectivity index (χ0v) is 10.7. The number of halogens is 1. The number of rotatable bonds is 6. The maximum Gasteiger partial charge on any atom is 0.255 e. The molecule has 1 amide bonds. The Bertz CT molecular complexity index is 461. The van der Waals surface area contributed by atoms with E-state index in [1.54, 1.807) is 18.2 Å². The summed E-state index contributed by atoms with van der Waals surface area (Å²) >= 11 is 6.05. The number of carbonyl (C=O) groups excluding carboxylic acids is 1. The van der Waals surface area contributed by atoms with E-state index in [2.05, 4.69) is 0 Å². The van der Waals surface area contributed by atoms with Gasteiger partial charge in [-0.05, 0) is 17.7 Å². The lowest BCUT2D eigenvalue weighted by molar-refractivity contribution is -0.119. The van der Waals surface area contributed by atoms with E-state index in [9.17, 15) is 4.79 Å². The van der Waals surface area contributed by atoms with Crippen molar-refractivity contribution in [3.8, 4) is 11.5 Å². The Morgan fingerprint density at radius 3 is 2.78 bits per heavy atom. The Labute approximate surface area is 110 Å². The highest BCUT2D eigenvalue weighted by Crippen LogP contribution is 2.36. The van der Waals surface area contributed by atoms with Gasteiger partial charge in [0.15, 0.2) is 18.1 Å². The van der Waals surface area contributed by atoms with E-state index in [0.29, 0.717) is 23.1 Å². The molecule has 1 aromatic rings. The van der Waals surface area contributed by atoms with Crippen LogP contribution in [0.15, 0.2) is 18.2 Å². The molecule has 18 heavy (non-hydrogen) atoms. The van der Waals surface area contributed by atoms with Gasteiger partial charge in [0.1, 0.15) is 0 Å². The first-order chi connectivity index (χ1) is 8.58. The minimum atomic E-state index is -0.583. The Balaban J connectivity index is 3.03. The molecule has 0 aliphatic rings. The van der Waals surface area contributed by atoms with Crippen LogP contribution in [0.3, 0.4) is 0 Å². The number of amides is 1. The molecule has 0 bridgehead atoms. The molecule has 0 spiro atoms. The number of carbonyl (C=O) groups is 1. The number of ether oxygens (including phenoxy) is 2. The standard InChI is InChI=1S/C12H15ClN2O3/c1-17-10-6-8(3-2-4-14)5-9(13)12(10)18-7-11(15)16/h2-3,5-6H,4,7,14H2,1H3,(H2,15,16). The maximum atomic E-state index is 10.7. The second kappa shape index (κ2) is 6.88. The molecule has 1 rings (SSSR count). The molecule has 98 valence electrons. The van der Waals surface area contributed by atoms with Crippen LogP contribution in [0.5, 0.6) is 11.5 Å². The summed E-state index contributed by atoms with van der Waals surface area (Å²) in [5.41, 5.74) is 11.2. The molecule has 0 heterocycles. The van der Waals surface area contributed by atoms with Gasteiger partial charge < -0.3 is 20.9 Å². The van der Waals surface area contributed by atoms with Crippen molar-refractivity contribution >= 4 is 23.6 Å². The van der Waals surface area contributed by atoms with E-state index in [-0.39, 0.29) is 6.61 Å². The molecule has 0 radical (unpaired) electrons. The zero-order valence-electron chi connectivity index (χ0n) is 9.98. The van der Waals surface area contributed by atoms with Gasteiger partial charge in [0.25, 0.3) is 5.91 Å². The van der Waals surface area contributed by atoms with E-state index in [1.807, 2.05) is 6.08 Å². The second-order valence-corrected chi connectivity index (χ2v) is 3.83. The van der Waals surface area contributed by atoms with Crippen molar-refractivity contribution in [1.82, 2.24) is 0 Å². The van der Waals surface area contributed by atoms with Gasteiger partial charge in [0.2, 0.25) is 0 Å². The van der Waals surface area contributed by atoms with Crippen LogP contribution in [0.25, 0.3) is 6.08 Å². The molecule has 0 aliphatic heterocycles. The van der Waals surface area contributed by atoms with Gasteiger partial charge in [-0.25, -0.2) is 0 Å². The minimum absolute atomic E-state index is 0.256. The maximum absolute atomic E-state index is 10.7. The predicted molar refractivity (Wildman–Crippen MR) is 70.8 cm³/mol. The van der Waals surface area contributed by atoms with Crippen molar-refractivity contribution in [2.75, 3.05) is 20.3 Å². The quantitative estimate of drug-likeness (QED) is 0.813. The molecule has 0 saturated heterocycles. The van der Waals surface area contributed by atoms with Gasteiger partial charge >= 0.3 is 0 Å². The van der Waals surface area contributed by atoms with Gasteiger partial charge in [0.05, 0.1) is 12.1 Å². The zero-order chi connectivity index (χ0) is 13.5. The van der Waals surface area contributed by atoms with Crippen molar-refractivity contribution in [3.05, 3.63) is 28.8 Å². The van der Waals surface area contributed by atoms with Crippen molar-refractivity contribution in [2.24, 2.45) is 11.5 Å². The first-order valence-electron chi connectivity index (χ1n) is 5.23. The fourth-order valence-electron chi connectivity index (χ4n) is 1.32. The van der Waals surface area contributed by atoms with Crippen LogP contribution in [-0.4, -0.2) is 26.2 Å². The van der Waals surface area contributed by atoms with E-state index in [0.717, 1.165) is 5.56 Å². The topological polar surface area (TPSA) is 87.6 Å². The van der Waals surface area contributed by atoms with E-state index in [4.69, 9.17) is 32.5 Å². The molecular weight excluding hydrogens is 256 g/mol. The summed E-state index contributed by atoms with van der Waals surface area (Å²) in [4.78, 5) is 10.7. The van der Waals surface area contributed by atoms with Gasteiger partial charge in [-0.2, -0.15) is 0 Å². The number of methoxy groups -OCH3 is 1. The van der Waals surface area contributed by atoms with Gasteiger partial charge in [-0.3, -0.25) is 4.79 Å². The molecule has 0 saturated carbocycles. The molecule has 0 unspecified atom stereocenters. The van der Waals surface area contributed by atoms with Crippen LogP contribution in [0.1, 0.15) is 5.56 Å². The van der Waals surface area contributed by atoms with Crippen LogP contribution < -0.4 is 20.9 Å². The fourth-order valence-corrected chi connectivity index (χ4v) is 1.60. The smallest absolute Gasteiger partial charge is 0.255 e. The molecular formula is C12H15ClN2O3. The summed E-state index contributed by atoms with van der Waals surface area (Å²) in [7, 11) is 1.49. The monoisotopic (exact) mass is 270 g/mol. The SMILES string of the molecule is COc1cc(C=CCN)cc(Cl)c1OCC(N)=O. The van der Waals surface area contributed by atoms with Crippen molar-refractivity contribution < 1.29 is 14.3 Å². The molecule has 0 aromatic heterocycles. The number of hydrogen-bond acceptors (Lipinski definition) is 4. The average Bonchev–Trinajstić information content (AvgIpc) is 2.34. The Morgan fingerprint density at radius 1 is 1.50 bits per heavy atom. The third kappa shape index (κ3) is 3.94. The third-order valence-corrected chi connectivity index (χ3v) is 2.34. The summed E-state index contributed by atoms with van der Waals surface area (Å²) in [6, 6.07) is 3.42. The molecule has 4 N–H and O–H groups in total. The molecule has 0 aliphatic carbocycles. The first-order valence-corrected chi connectivity index (χ1v) is 5.61. The highest BCUT2D eigenvalue weighted by atomic mass is 35.5. The molecule has 1 aromatic carbocycles. The Kier molecular flexibility index (Phi) is 5.48.